The van der Waals surface area contributed by atoms with Crippen molar-refractivity contribution in [1.82, 2.24) is 5.32 Å². The Morgan fingerprint density at radius 2 is 1.90 bits per heavy atom. The molecule has 1 saturated carbocycles. The van der Waals surface area contributed by atoms with E-state index in [9.17, 15) is 9.59 Å². The lowest BCUT2D eigenvalue weighted by atomic mass is 9.92. The summed E-state index contributed by atoms with van der Waals surface area (Å²) in [5, 5.41) is 14.5. The van der Waals surface area contributed by atoms with Crippen LogP contribution < -0.4 is 10.6 Å². The first-order valence-corrected chi connectivity index (χ1v) is 6.77. The van der Waals surface area contributed by atoms with Gasteiger partial charge in [-0.3, -0.25) is 0 Å². The summed E-state index contributed by atoms with van der Waals surface area (Å²) in [5.41, 5.74) is 1.08. The van der Waals surface area contributed by atoms with Crippen LogP contribution in [0.1, 0.15) is 43.5 Å². The van der Waals surface area contributed by atoms with Crippen LogP contribution in [0.2, 0.25) is 0 Å². The van der Waals surface area contributed by atoms with E-state index in [-0.39, 0.29) is 17.6 Å². The van der Waals surface area contributed by atoms with Crippen LogP contribution >= 0.6 is 0 Å². The second-order valence-corrected chi connectivity index (χ2v) is 6.08. The first kappa shape index (κ1) is 14.4. The maximum Gasteiger partial charge on any atom is 0.335 e. The van der Waals surface area contributed by atoms with Gasteiger partial charge in [-0.2, -0.15) is 0 Å². The Bertz CT molecular complexity index is 508. The van der Waals surface area contributed by atoms with Gasteiger partial charge in [-0.1, -0.05) is 13.8 Å². The Balaban J connectivity index is 1.87. The van der Waals surface area contributed by atoms with Crippen LogP contribution in [-0.2, 0) is 0 Å². The summed E-state index contributed by atoms with van der Waals surface area (Å²) in [6.45, 7) is 4.41. The fraction of sp³-hybridized carbons (Fsp3) is 0.467. The number of anilines is 1. The van der Waals surface area contributed by atoms with Gasteiger partial charge >= 0.3 is 12.0 Å². The quantitative estimate of drug-likeness (QED) is 0.793. The zero-order chi connectivity index (χ0) is 14.8. The van der Waals surface area contributed by atoms with Gasteiger partial charge in [0.15, 0.2) is 0 Å². The van der Waals surface area contributed by atoms with Crippen molar-refractivity contribution in [2.45, 2.75) is 39.2 Å². The zero-order valence-electron chi connectivity index (χ0n) is 11.8. The summed E-state index contributed by atoms with van der Waals surface area (Å²) >= 11 is 0. The smallest absolute Gasteiger partial charge is 0.335 e. The van der Waals surface area contributed by atoms with Crippen molar-refractivity contribution in [3.63, 3.8) is 0 Å². The van der Waals surface area contributed by atoms with Crippen molar-refractivity contribution in [3.8, 4) is 0 Å². The van der Waals surface area contributed by atoms with Gasteiger partial charge < -0.3 is 15.7 Å². The van der Waals surface area contributed by atoms with Gasteiger partial charge in [0, 0.05) is 11.7 Å². The van der Waals surface area contributed by atoms with Crippen LogP contribution in [0, 0.1) is 5.41 Å². The minimum absolute atomic E-state index is 0.202. The van der Waals surface area contributed by atoms with Gasteiger partial charge in [-0.25, -0.2) is 9.59 Å². The molecule has 1 aliphatic rings. The summed E-state index contributed by atoms with van der Waals surface area (Å²) in [6.07, 6.45) is 3.10. The number of carbonyl (C=O) groups is 2. The van der Waals surface area contributed by atoms with Gasteiger partial charge in [-0.15, -0.1) is 0 Å². The van der Waals surface area contributed by atoms with E-state index in [1.54, 1.807) is 12.1 Å². The Labute approximate surface area is 118 Å². The van der Waals surface area contributed by atoms with Crippen molar-refractivity contribution < 1.29 is 14.7 Å². The van der Waals surface area contributed by atoms with Crippen LogP contribution in [0.3, 0.4) is 0 Å². The molecular formula is C15H20N2O3. The molecular weight excluding hydrogens is 256 g/mol. The molecule has 1 aromatic rings. The standard InChI is InChI=1S/C15H20N2O3/c1-15(2)8-7-12(9-15)17-14(20)16-11-5-3-10(4-6-11)13(18)19/h3-6,12H,7-9H2,1-2H3,(H,18,19)(H2,16,17,20). The molecule has 0 heterocycles. The monoisotopic (exact) mass is 276 g/mol. The molecule has 1 aromatic carbocycles. The molecule has 1 atom stereocenters. The highest BCUT2D eigenvalue weighted by Crippen LogP contribution is 2.36. The van der Waals surface area contributed by atoms with Crippen molar-refractivity contribution in [2.24, 2.45) is 5.41 Å². The van der Waals surface area contributed by atoms with Gasteiger partial charge in [0.1, 0.15) is 0 Å². The molecule has 1 unspecified atom stereocenters. The Morgan fingerprint density at radius 3 is 2.40 bits per heavy atom. The lowest BCUT2D eigenvalue weighted by molar-refractivity contribution is 0.0697. The molecule has 2 amide bonds. The average Bonchev–Trinajstić information content (AvgIpc) is 2.69. The number of hydrogen-bond acceptors (Lipinski definition) is 2. The third-order valence-corrected chi connectivity index (χ3v) is 3.69. The molecule has 0 aromatic heterocycles. The summed E-state index contributed by atoms with van der Waals surface area (Å²) in [4.78, 5) is 22.6. The van der Waals surface area contributed by atoms with Crippen LogP contribution in [0.4, 0.5) is 10.5 Å². The molecule has 108 valence electrons. The van der Waals surface area contributed by atoms with Gasteiger partial charge in [-0.05, 0) is 48.9 Å². The summed E-state index contributed by atoms with van der Waals surface area (Å²) < 4.78 is 0. The van der Waals surface area contributed by atoms with E-state index in [1.165, 1.54) is 12.1 Å². The van der Waals surface area contributed by atoms with Gasteiger partial charge in [0.05, 0.1) is 5.56 Å². The molecule has 0 spiro atoms. The number of carboxylic acids is 1. The molecule has 0 bridgehead atoms. The molecule has 1 aliphatic carbocycles. The van der Waals surface area contributed by atoms with Gasteiger partial charge in [0.25, 0.3) is 0 Å². The van der Waals surface area contributed by atoms with E-state index in [1.807, 2.05) is 0 Å². The SMILES string of the molecule is CC1(C)CCC(NC(=O)Nc2ccc(C(=O)O)cc2)C1. The molecule has 5 heteroatoms. The van der Waals surface area contributed by atoms with E-state index in [2.05, 4.69) is 24.5 Å². The zero-order valence-corrected chi connectivity index (χ0v) is 11.8. The highest BCUT2D eigenvalue weighted by Gasteiger charge is 2.31. The third kappa shape index (κ3) is 3.73. The van der Waals surface area contributed by atoms with Gasteiger partial charge in [0.2, 0.25) is 0 Å². The molecule has 5 nitrogen and oxygen atoms in total. The number of urea groups is 1. The van der Waals surface area contributed by atoms with E-state index in [0.717, 1.165) is 19.3 Å². The minimum atomic E-state index is -0.978. The van der Waals surface area contributed by atoms with Crippen molar-refractivity contribution in [2.75, 3.05) is 5.32 Å². The summed E-state index contributed by atoms with van der Waals surface area (Å²) in [5.74, 6) is -0.978. The van der Waals surface area contributed by atoms with E-state index >= 15 is 0 Å². The second kappa shape index (κ2) is 5.53. The van der Waals surface area contributed by atoms with E-state index in [0.29, 0.717) is 11.1 Å². The number of benzene rings is 1. The molecule has 1 fully saturated rings. The maximum atomic E-state index is 11.9. The van der Waals surface area contributed by atoms with Crippen LogP contribution in [0.25, 0.3) is 0 Å². The first-order valence-electron chi connectivity index (χ1n) is 6.77. The maximum absolute atomic E-state index is 11.9. The second-order valence-electron chi connectivity index (χ2n) is 6.08. The van der Waals surface area contributed by atoms with E-state index in [4.69, 9.17) is 5.11 Å². The summed E-state index contributed by atoms with van der Waals surface area (Å²) in [6, 6.07) is 6.08. The molecule has 0 saturated heterocycles. The Morgan fingerprint density at radius 1 is 1.25 bits per heavy atom. The normalized spacial score (nSPS) is 20.4. The fourth-order valence-electron chi connectivity index (χ4n) is 2.61. The van der Waals surface area contributed by atoms with Crippen LogP contribution in [0.5, 0.6) is 0 Å². The number of nitrogens with one attached hydrogen (secondary N) is 2. The molecule has 3 N–H and O–H groups in total. The first-order chi connectivity index (χ1) is 9.35. The molecule has 0 radical (unpaired) electrons. The average molecular weight is 276 g/mol. The van der Waals surface area contributed by atoms with Crippen molar-refractivity contribution in [1.29, 1.82) is 0 Å². The predicted octanol–water partition coefficient (Wildman–Crippen LogP) is 3.09. The number of carboxylic acid groups (broad SMARTS) is 1. The molecule has 20 heavy (non-hydrogen) atoms. The highest BCUT2D eigenvalue weighted by molar-refractivity contribution is 5.91. The topological polar surface area (TPSA) is 78.4 Å². The number of amides is 2. The van der Waals surface area contributed by atoms with E-state index < -0.39 is 5.97 Å². The minimum Gasteiger partial charge on any atom is -0.478 e. The number of aromatic carboxylic acids is 1. The lowest BCUT2D eigenvalue weighted by Crippen LogP contribution is -2.36. The number of carbonyl (C=O) groups excluding carboxylic acids is 1. The lowest BCUT2D eigenvalue weighted by Gasteiger charge is -2.18. The number of rotatable bonds is 3. The highest BCUT2D eigenvalue weighted by atomic mass is 16.4. The number of hydrogen-bond donors (Lipinski definition) is 3. The third-order valence-electron chi connectivity index (χ3n) is 3.69. The molecule has 0 aliphatic heterocycles. The largest absolute Gasteiger partial charge is 0.478 e. The Hall–Kier alpha value is -2.04. The Kier molecular flexibility index (Phi) is 3.97. The van der Waals surface area contributed by atoms with Crippen LogP contribution in [0.15, 0.2) is 24.3 Å². The van der Waals surface area contributed by atoms with Crippen molar-refractivity contribution in [3.05, 3.63) is 29.8 Å². The predicted molar refractivity (Wildman–Crippen MR) is 77.0 cm³/mol. The van der Waals surface area contributed by atoms with Crippen LogP contribution in [-0.4, -0.2) is 23.1 Å². The molecule has 2 rings (SSSR count). The van der Waals surface area contributed by atoms with Crippen molar-refractivity contribution >= 4 is 17.7 Å². The fourth-order valence-corrected chi connectivity index (χ4v) is 2.61. The summed E-state index contributed by atoms with van der Waals surface area (Å²) in [7, 11) is 0.